The molecule has 0 aliphatic carbocycles. The molecule has 0 fully saturated rings. The molecule has 0 saturated heterocycles. The molecule has 184 valence electrons. The number of ether oxygens (including phenoxy) is 2. The van der Waals surface area contributed by atoms with Crippen LogP contribution in [-0.2, 0) is 11.4 Å². The summed E-state index contributed by atoms with van der Waals surface area (Å²) in [5, 5.41) is 15.7. The van der Waals surface area contributed by atoms with E-state index in [0.717, 1.165) is 9.13 Å². The lowest BCUT2D eigenvalue weighted by Gasteiger charge is -2.14. The summed E-state index contributed by atoms with van der Waals surface area (Å²) in [7, 11) is 1.51. The Hall–Kier alpha value is -3.98. The monoisotopic (exact) mass is 600 g/mol. The zero-order chi connectivity index (χ0) is 25.9. The number of nitrogens with one attached hydrogen (secondary N) is 2. The van der Waals surface area contributed by atoms with Crippen LogP contribution in [0.3, 0.4) is 0 Å². The van der Waals surface area contributed by atoms with Gasteiger partial charge in [0.05, 0.1) is 34.1 Å². The summed E-state index contributed by atoms with van der Waals surface area (Å²) in [6.45, 7) is 0.230. The Labute approximate surface area is 221 Å². The van der Waals surface area contributed by atoms with Crippen LogP contribution < -0.4 is 20.2 Å². The Morgan fingerprint density at radius 1 is 1.17 bits per heavy atom. The first-order valence-electron chi connectivity index (χ1n) is 10.8. The van der Waals surface area contributed by atoms with Crippen molar-refractivity contribution < 1.29 is 23.5 Å². The molecule has 0 aliphatic rings. The predicted octanol–water partition coefficient (Wildman–Crippen LogP) is 4.16. The number of nitriles is 1. The lowest BCUT2D eigenvalue weighted by molar-refractivity contribution is -0.120. The van der Waals surface area contributed by atoms with Gasteiger partial charge in [-0.05, 0) is 58.5 Å². The molecule has 3 aromatic rings. The van der Waals surface area contributed by atoms with Crippen LogP contribution in [0.1, 0.15) is 33.5 Å². The number of carbonyl (C=O) groups is 2. The van der Waals surface area contributed by atoms with Gasteiger partial charge < -0.3 is 14.8 Å². The second-order valence-electron chi connectivity index (χ2n) is 7.37. The normalized spacial score (nSPS) is 10.5. The van der Waals surface area contributed by atoms with Crippen molar-refractivity contribution in [3.8, 4) is 17.6 Å². The van der Waals surface area contributed by atoms with Crippen LogP contribution in [-0.4, -0.2) is 31.7 Å². The molecule has 0 saturated carbocycles. The van der Waals surface area contributed by atoms with Gasteiger partial charge >= 0.3 is 0 Å². The molecule has 0 bridgehead atoms. The Bertz CT molecular complexity index is 1320. The van der Waals surface area contributed by atoms with Gasteiger partial charge in [0.15, 0.2) is 11.5 Å². The summed E-state index contributed by atoms with van der Waals surface area (Å²) in [6.07, 6.45) is 1.42. The Kier molecular flexibility index (Phi) is 9.76. The van der Waals surface area contributed by atoms with Crippen LogP contribution in [0.5, 0.6) is 11.5 Å². The maximum Gasteiger partial charge on any atom is 0.254 e. The Balaban J connectivity index is 1.54. The largest absolute Gasteiger partial charge is 0.493 e. The number of nitrogens with zero attached hydrogens (tertiary/aromatic N) is 2. The van der Waals surface area contributed by atoms with E-state index in [1.807, 2.05) is 12.1 Å². The van der Waals surface area contributed by atoms with Crippen molar-refractivity contribution in [2.45, 2.75) is 13.0 Å². The summed E-state index contributed by atoms with van der Waals surface area (Å²) >= 11 is 2.11. The molecule has 3 rings (SSSR count). The molecule has 3 aromatic carbocycles. The smallest absolute Gasteiger partial charge is 0.254 e. The highest BCUT2D eigenvalue weighted by Crippen LogP contribution is 2.34. The third kappa shape index (κ3) is 7.26. The number of methoxy groups -OCH3 is 1. The van der Waals surface area contributed by atoms with Crippen LogP contribution in [0.4, 0.5) is 4.39 Å². The zero-order valence-electron chi connectivity index (χ0n) is 19.3. The second-order valence-corrected chi connectivity index (χ2v) is 8.53. The van der Waals surface area contributed by atoms with Gasteiger partial charge in [0, 0.05) is 18.5 Å². The van der Waals surface area contributed by atoms with Gasteiger partial charge in [0.25, 0.3) is 5.91 Å². The van der Waals surface area contributed by atoms with Crippen molar-refractivity contribution in [3.05, 3.63) is 92.3 Å². The molecule has 2 N–H and O–H groups in total. The van der Waals surface area contributed by atoms with Gasteiger partial charge in [0.1, 0.15) is 12.4 Å². The minimum absolute atomic E-state index is 0.0290. The van der Waals surface area contributed by atoms with Gasteiger partial charge in [-0.25, -0.2) is 9.82 Å². The van der Waals surface area contributed by atoms with Crippen molar-refractivity contribution in [2.24, 2.45) is 5.10 Å². The first kappa shape index (κ1) is 26.6. The fourth-order valence-corrected chi connectivity index (χ4v) is 3.91. The van der Waals surface area contributed by atoms with Gasteiger partial charge in [0.2, 0.25) is 5.91 Å². The van der Waals surface area contributed by atoms with Crippen molar-refractivity contribution in [1.29, 1.82) is 5.26 Å². The molecule has 0 radical (unpaired) electrons. The average Bonchev–Trinajstić information content (AvgIpc) is 2.88. The number of hydrazone groups is 1. The fraction of sp³-hybridized carbons (Fsp3) is 0.154. The number of rotatable bonds is 10. The van der Waals surface area contributed by atoms with Crippen LogP contribution in [0.2, 0.25) is 0 Å². The number of hydrogen-bond acceptors (Lipinski definition) is 6. The van der Waals surface area contributed by atoms with E-state index in [9.17, 15) is 19.2 Å². The van der Waals surface area contributed by atoms with E-state index in [4.69, 9.17) is 9.47 Å². The third-order valence-electron chi connectivity index (χ3n) is 4.92. The lowest BCUT2D eigenvalue weighted by atomic mass is 10.1. The molecule has 0 aliphatic heterocycles. The van der Waals surface area contributed by atoms with Gasteiger partial charge in [-0.15, -0.1) is 0 Å². The van der Waals surface area contributed by atoms with Crippen molar-refractivity contribution in [1.82, 2.24) is 10.7 Å². The minimum Gasteiger partial charge on any atom is -0.493 e. The van der Waals surface area contributed by atoms with Crippen LogP contribution in [0, 0.1) is 20.7 Å². The van der Waals surface area contributed by atoms with Crippen molar-refractivity contribution in [2.75, 3.05) is 13.7 Å². The SMILES string of the molecule is COc1cc(C=NNC(=O)CCNC(=O)c2ccccc2F)cc(I)c1OCc1ccccc1C#N. The van der Waals surface area contributed by atoms with E-state index in [2.05, 4.69) is 44.5 Å². The zero-order valence-corrected chi connectivity index (χ0v) is 21.4. The Morgan fingerprint density at radius 2 is 1.92 bits per heavy atom. The van der Waals surface area contributed by atoms with Gasteiger partial charge in [-0.2, -0.15) is 10.4 Å². The van der Waals surface area contributed by atoms with E-state index >= 15 is 0 Å². The molecule has 10 heteroatoms. The van der Waals surface area contributed by atoms with Crippen molar-refractivity contribution >= 4 is 40.6 Å². The Morgan fingerprint density at radius 3 is 2.67 bits per heavy atom. The van der Waals surface area contributed by atoms with Gasteiger partial charge in [-0.3, -0.25) is 9.59 Å². The number of benzene rings is 3. The standard InChI is InChI=1S/C26H22FIN4O4/c1-35-23-13-17(12-22(28)25(23)36-16-19-7-3-2-6-18(19)14-29)15-31-32-24(33)10-11-30-26(34)20-8-4-5-9-21(20)27/h2-9,12-13,15H,10-11,16H2,1H3,(H,30,34)(H,32,33). The fourth-order valence-electron chi connectivity index (χ4n) is 3.12. The summed E-state index contributed by atoms with van der Waals surface area (Å²) in [4.78, 5) is 24.0. The molecule has 0 spiro atoms. The number of hydrogen-bond donors (Lipinski definition) is 2. The molecule has 8 nitrogen and oxygen atoms in total. The molecule has 0 heterocycles. The van der Waals surface area contributed by atoms with E-state index < -0.39 is 17.6 Å². The molecule has 0 unspecified atom stereocenters. The van der Waals surface area contributed by atoms with E-state index in [1.54, 1.807) is 30.3 Å². The van der Waals surface area contributed by atoms with Crippen LogP contribution >= 0.6 is 22.6 Å². The molecular weight excluding hydrogens is 578 g/mol. The average molecular weight is 600 g/mol. The third-order valence-corrected chi connectivity index (χ3v) is 5.72. The highest BCUT2D eigenvalue weighted by atomic mass is 127. The summed E-state index contributed by atoms with van der Waals surface area (Å²) in [5.41, 5.74) is 4.27. The quantitative estimate of drug-likeness (QED) is 0.206. The van der Waals surface area contributed by atoms with E-state index in [1.165, 1.54) is 31.5 Å². The molecule has 2 amide bonds. The highest BCUT2D eigenvalue weighted by molar-refractivity contribution is 14.1. The van der Waals surface area contributed by atoms with E-state index in [-0.39, 0.29) is 25.1 Å². The molecule has 0 atom stereocenters. The molecule has 36 heavy (non-hydrogen) atoms. The van der Waals surface area contributed by atoms with E-state index in [0.29, 0.717) is 22.6 Å². The first-order chi connectivity index (χ1) is 17.4. The predicted molar refractivity (Wildman–Crippen MR) is 140 cm³/mol. The topological polar surface area (TPSA) is 113 Å². The number of amides is 2. The number of carbonyl (C=O) groups excluding carboxylic acids is 2. The second kappa shape index (κ2) is 13.2. The minimum atomic E-state index is -0.627. The highest BCUT2D eigenvalue weighted by Gasteiger charge is 2.13. The maximum absolute atomic E-state index is 13.6. The maximum atomic E-state index is 13.6. The van der Waals surface area contributed by atoms with Crippen LogP contribution in [0.15, 0.2) is 65.8 Å². The van der Waals surface area contributed by atoms with Crippen molar-refractivity contribution in [3.63, 3.8) is 0 Å². The summed E-state index contributed by atoms with van der Waals surface area (Å²) in [5.74, 6) is -0.641. The molecular formula is C26H22FIN4O4. The van der Waals surface area contributed by atoms with Crippen LogP contribution in [0.25, 0.3) is 0 Å². The van der Waals surface area contributed by atoms with Gasteiger partial charge in [-0.1, -0.05) is 30.3 Å². The summed E-state index contributed by atoms with van der Waals surface area (Å²) in [6, 6.07) is 18.5. The first-order valence-corrected chi connectivity index (χ1v) is 11.8. The number of halogens is 2. The lowest BCUT2D eigenvalue weighted by Crippen LogP contribution is -2.29. The summed E-state index contributed by atoms with van der Waals surface area (Å²) < 4.78 is 25.8. The molecule has 0 aromatic heterocycles.